The Bertz CT molecular complexity index is 900. The summed E-state index contributed by atoms with van der Waals surface area (Å²) in [5.74, 6) is -0.0974. The molecule has 2 aromatic heterocycles. The second kappa shape index (κ2) is 5.72. The number of hydrogen-bond donors (Lipinski definition) is 1. The number of thiazole rings is 1. The minimum absolute atomic E-state index is 0.222. The Balaban J connectivity index is 2.05. The van der Waals surface area contributed by atoms with Crippen molar-refractivity contribution in [2.45, 2.75) is 6.92 Å². The van der Waals surface area contributed by atoms with Crippen molar-refractivity contribution in [2.75, 3.05) is 5.32 Å². The molecule has 0 bridgehead atoms. The van der Waals surface area contributed by atoms with Gasteiger partial charge in [0.15, 0.2) is 0 Å². The van der Waals surface area contributed by atoms with Crippen molar-refractivity contribution in [3.8, 4) is 11.3 Å². The molecule has 3 rings (SSSR count). The van der Waals surface area contributed by atoms with Gasteiger partial charge in [0, 0.05) is 21.5 Å². The molecule has 1 N–H and O–H groups in total. The number of nitrogens with zero attached hydrogens (tertiary/aromatic N) is 3. The predicted molar refractivity (Wildman–Crippen MR) is 89.8 cm³/mol. The molecule has 22 heavy (non-hydrogen) atoms. The molecule has 1 aromatic carbocycles. The molecule has 0 radical (unpaired) electrons. The summed E-state index contributed by atoms with van der Waals surface area (Å²) in [6.45, 7) is 5.19. The summed E-state index contributed by atoms with van der Waals surface area (Å²) in [6.07, 6.45) is 0. The first-order valence-electron chi connectivity index (χ1n) is 6.22. The second-order valence-corrected chi connectivity index (χ2v) is 6.29. The van der Waals surface area contributed by atoms with Crippen LogP contribution in [0.5, 0.6) is 0 Å². The van der Waals surface area contributed by atoms with Crippen molar-refractivity contribution in [1.82, 2.24) is 14.6 Å². The van der Waals surface area contributed by atoms with E-state index in [-0.39, 0.29) is 11.9 Å². The van der Waals surface area contributed by atoms with E-state index in [2.05, 4.69) is 22.0 Å². The quantitative estimate of drug-likeness (QED) is 0.715. The van der Waals surface area contributed by atoms with Crippen molar-refractivity contribution < 1.29 is 4.79 Å². The van der Waals surface area contributed by atoms with Crippen LogP contribution >= 0.6 is 34.5 Å². The third-order valence-corrected chi connectivity index (χ3v) is 4.28. The molecule has 0 unspecified atom stereocenters. The lowest BCUT2D eigenvalue weighted by Gasteiger charge is -2.03. The lowest BCUT2D eigenvalue weighted by Crippen LogP contribution is -2.13. The highest BCUT2D eigenvalue weighted by atomic mass is 35.5. The second-order valence-electron chi connectivity index (χ2n) is 4.61. The van der Waals surface area contributed by atoms with E-state index in [0.717, 1.165) is 11.3 Å². The summed E-state index contributed by atoms with van der Waals surface area (Å²) >= 11 is 13.6. The van der Waals surface area contributed by atoms with Crippen molar-refractivity contribution >= 4 is 51.4 Å². The van der Waals surface area contributed by atoms with Gasteiger partial charge < -0.3 is 0 Å². The minimum atomic E-state index is -0.319. The predicted octanol–water partition coefficient (Wildman–Crippen LogP) is 4.28. The van der Waals surface area contributed by atoms with E-state index in [9.17, 15) is 4.79 Å². The Morgan fingerprint density at radius 2 is 2.18 bits per heavy atom. The fourth-order valence-electron chi connectivity index (χ4n) is 1.82. The van der Waals surface area contributed by atoms with Crippen LogP contribution in [0.4, 0.5) is 5.95 Å². The van der Waals surface area contributed by atoms with Gasteiger partial charge in [-0.1, -0.05) is 29.8 Å². The zero-order valence-corrected chi connectivity index (χ0v) is 13.8. The molecule has 1 amide bonds. The van der Waals surface area contributed by atoms with E-state index in [1.165, 1.54) is 11.3 Å². The minimum Gasteiger partial charge on any atom is -0.289 e. The van der Waals surface area contributed by atoms with Crippen LogP contribution in [-0.2, 0) is 4.79 Å². The summed E-state index contributed by atoms with van der Waals surface area (Å²) in [6, 6.07) is 5.21. The smallest absolute Gasteiger partial charge is 0.253 e. The SMILES string of the molecule is C=C(C)C(=O)Nc1nc2scc(-c3cc(Cl)ccc3Cl)n2n1. The maximum absolute atomic E-state index is 11.6. The van der Waals surface area contributed by atoms with E-state index in [1.54, 1.807) is 29.6 Å². The van der Waals surface area contributed by atoms with Gasteiger partial charge in [-0.25, -0.2) is 4.52 Å². The van der Waals surface area contributed by atoms with Crippen molar-refractivity contribution in [1.29, 1.82) is 0 Å². The third-order valence-electron chi connectivity index (χ3n) is 2.90. The first-order valence-corrected chi connectivity index (χ1v) is 7.86. The molecule has 0 spiro atoms. The number of nitrogens with one attached hydrogen (secondary N) is 1. The number of amides is 1. The molecule has 0 aliphatic heterocycles. The molecular weight excluding hydrogens is 343 g/mol. The standard InChI is InChI=1S/C14H10Cl2N4OS/c1-7(2)12(21)17-13-18-14-20(19-13)11(6-22-14)9-5-8(15)3-4-10(9)16/h3-6H,1H2,2H3,(H,17,19,21). The molecule has 0 aliphatic carbocycles. The number of aromatic nitrogens is 3. The fourth-order valence-corrected chi connectivity index (χ4v) is 3.03. The molecule has 0 atom stereocenters. The largest absolute Gasteiger partial charge is 0.289 e. The summed E-state index contributed by atoms with van der Waals surface area (Å²) in [5, 5.41) is 9.90. The first-order chi connectivity index (χ1) is 10.5. The number of rotatable bonds is 3. The van der Waals surface area contributed by atoms with Gasteiger partial charge in [-0.2, -0.15) is 4.98 Å². The molecule has 0 fully saturated rings. The average Bonchev–Trinajstić information content (AvgIpc) is 3.01. The molecule has 2 heterocycles. The highest BCUT2D eigenvalue weighted by molar-refractivity contribution is 7.15. The zero-order chi connectivity index (χ0) is 15.9. The maximum atomic E-state index is 11.6. The molecule has 0 aliphatic rings. The Morgan fingerprint density at radius 3 is 2.91 bits per heavy atom. The summed E-state index contributed by atoms with van der Waals surface area (Å²) in [7, 11) is 0. The number of carbonyl (C=O) groups is 1. The summed E-state index contributed by atoms with van der Waals surface area (Å²) < 4.78 is 1.62. The zero-order valence-electron chi connectivity index (χ0n) is 11.4. The van der Waals surface area contributed by atoms with E-state index in [0.29, 0.717) is 20.6 Å². The fraction of sp³-hybridized carbons (Fsp3) is 0.0714. The molecule has 3 aromatic rings. The number of fused-ring (bicyclic) bond motifs is 1. The van der Waals surface area contributed by atoms with Crippen LogP contribution in [0.3, 0.4) is 0 Å². The topological polar surface area (TPSA) is 59.3 Å². The first kappa shape index (κ1) is 15.0. The number of carbonyl (C=O) groups excluding carboxylic acids is 1. The Morgan fingerprint density at radius 1 is 1.41 bits per heavy atom. The normalized spacial score (nSPS) is 10.9. The van der Waals surface area contributed by atoms with Crippen LogP contribution in [0.25, 0.3) is 16.2 Å². The van der Waals surface area contributed by atoms with Gasteiger partial charge in [-0.05, 0) is 25.1 Å². The Kier molecular flexibility index (Phi) is 3.90. The lowest BCUT2D eigenvalue weighted by atomic mass is 10.2. The summed E-state index contributed by atoms with van der Waals surface area (Å²) in [5.41, 5.74) is 1.90. The Labute approximate surface area is 140 Å². The average molecular weight is 353 g/mol. The van der Waals surface area contributed by atoms with Gasteiger partial charge in [0.2, 0.25) is 4.96 Å². The summed E-state index contributed by atoms with van der Waals surface area (Å²) in [4.78, 5) is 16.5. The van der Waals surface area contributed by atoms with E-state index < -0.39 is 0 Å². The van der Waals surface area contributed by atoms with E-state index in [4.69, 9.17) is 23.2 Å². The van der Waals surface area contributed by atoms with Crippen LogP contribution in [0, 0.1) is 0 Å². The lowest BCUT2D eigenvalue weighted by molar-refractivity contribution is -0.112. The molecule has 112 valence electrons. The van der Waals surface area contributed by atoms with Crippen molar-refractivity contribution in [3.63, 3.8) is 0 Å². The highest BCUT2D eigenvalue weighted by Gasteiger charge is 2.15. The van der Waals surface area contributed by atoms with Gasteiger partial charge in [0.1, 0.15) is 0 Å². The van der Waals surface area contributed by atoms with E-state index in [1.807, 2.05) is 5.38 Å². The molecule has 0 saturated heterocycles. The van der Waals surface area contributed by atoms with Crippen LogP contribution in [-0.4, -0.2) is 20.5 Å². The van der Waals surface area contributed by atoms with Crippen LogP contribution in [0.1, 0.15) is 6.92 Å². The van der Waals surface area contributed by atoms with Gasteiger partial charge in [-0.3, -0.25) is 10.1 Å². The van der Waals surface area contributed by atoms with Gasteiger partial charge in [0.05, 0.1) is 10.7 Å². The number of halogens is 2. The number of benzene rings is 1. The van der Waals surface area contributed by atoms with Crippen LogP contribution in [0.2, 0.25) is 10.0 Å². The van der Waals surface area contributed by atoms with Gasteiger partial charge >= 0.3 is 0 Å². The molecule has 0 saturated carbocycles. The highest BCUT2D eigenvalue weighted by Crippen LogP contribution is 2.33. The number of anilines is 1. The Hall–Kier alpha value is -1.89. The van der Waals surface area contributed by atoms with Gasteiger partial charge in [-0.15, -0.1) is 16.4 Å². The third kappa shape index (κ3) is 2.72. The van der Waals surface area contributed by atoms with Crippen LogP contribution < -0.4 is 5.32 Å². The van der Waals surface area contributed by atoms with Crippen LogP contribution in [0.15, 0.2) is 35.7 Å². The molecule has 5 nitrogen and oxygen atoms in total. The number of hydrogen-bond acceptors (Lipinski definition) is 4. The monoisotopic (exact) mass is 352 g/mol. The van der Waals surface area contributed by atoms with Gasteiger partial charge in [0.25, 0.3) is 11.9 Å². The maximum Gasteiger partial charge on any atom is 0.253 e. The van der Waals surface area contributed by atoms with E-state index >= 15 is 0 Å². The van der Waals surface area contributed by atoms with Crippen molar-refractivity contribution in [2.24, 2.45) is 0 Å². The van der Waals surface area contributed by atoms with Crippen molar-refractivity contribution in [3.05, 3.63) is 45.8 Å². The molecule has 8 heteroatoms. The molecular formula is C14H10Cl2N4OS.